The van der Waals surface area contributed by atoms with Crippen LogP contribution in [0.4, 0.5) is 5.69 Å². The number of amides is 3. The smallest absolute Gasteiger partial charge is 0.255 e. The van der Waals surface area contributed by atoms with Crippen molar-refractivity contribution in [1.29, 1.82) is 0 Å². The van der Waals surface area contributed by atoms with E-state index < -0.39 is 11.8 Å². The first kappa shape index (κ1) is 18.9. The average Bonchev–Trinajstić information content (AvgIpc) is 2.66. The van der Waals surface area contributed by atoms with Gasteiger partial charge in [0.2, 0.25) is 11.8 Å². The molecule has 1 fully saturated rings. The zero-order valence-electron chi connectivity index (χ0n) is 14.6. The van der Waals surface area contributed by atoms with Crippen molar-refractivity contribution in [3.05, 3.63) is 29.8 Å². The lowest BCUT2D eigenvalue weighted by Crippen LogP contribution is -2.39. The fourth-order valence-electron chi connectivity index (χ4n) is 3.05. The quantitative estimate of drug-likeness (QED) is 0.717. The fraction of sp³-hybridized carbons (Fsp3) is 0.500. The van der Waals surface area contributed by atoms with Crippen molar-refractivity contribution in [3.63, 3.8) is 0 Å². The number of nitrogens with two attached hydrogens (primary N) is 1. The summed E-state index contributed by atoms with van der Waals surface area (Å²) >= 11 is 0. The van der Waals surface area contributed by atoms with Crippen LogP contribution in [-0.2, 0) is 9.59 Å². The minimum atomic E-state index is -0.406. The molecule has 0 radical (unpaired) electrons. The minimum absolute atomic E-state index is 0.103. The van der Waals surface area contributed by atoms with Crippen LogP contribution in [0.15, 0.2) is 24.3 Å². The van der Waals surface area contributed by atoms with Gasteiger partial charge in [0.1, 0.15) is 0 Å². The maximum Gasteiger partial charge on any atom is 0.255 e. The normalized spacial score (nSPS) is 14.6. The van der Waals surface area contributed by atoms with E-state index >= 15 is 0 Å². The monoisotopic (exact) mass is 346 g/mol. The molecule has 0 bridgehead atoms. The predicted molar refractivity (Wildman–Crippen MR) is 96.1 cm³/mol. The summed E-state index contributed by atoms with van der Waals surface area (Å²) in [6.07, 6.45) is 5.53. The van der Waals surface area contributed by atoms with E-state index in [0.717, 1.165) is 25.7 Å². The lowest BCUT2D eigenvalue weighted by molar-refractivity contribution is -0.123. The van der Waals surface area contributed by atoms with Crippen molar-refractivity contribution >= 4 is 23.4 Å². The maximum absolute atomic E-state index is 12.8. The molecule has 3 amide bonds. The predicted octanol–water partition coefficient (Wildman–Crippen LogP) is 1.10. The first-order valence-electron chi connectivity index (χ1n) is 8.65. The molecule has 0 saturated heterocycles. The van der Waals surface area contributed by atoms with E-state index in [1.54, 1.807) is 29.2 Å². The van der Waals surface area contributed by atoms with Gasteiger partial charge in [-0.3, -0.25) is 14.4 Å². The molecule has 2 rings (SSSR count). The SMILES string of the molecule is CN(C(=O)c1ccccc1NC(=O)CNC(=O)CN)C1CCCCC1. The zero-order valence-corrected chi connectivity index (χ0v) is 14.6. The Morgan fingerprint density at radius 3 is 2.48 bits per heavy atom. The Balaban J connectivity index is 2.04. The summed E-state index contributed by atoms with van der Waals surface area (Å²) in [5.41, 5.74) is 6.08. The highest BCUT2D eigenvalue weighted by molar-refractivity contribution is 6.04. The number of carbonyl (C=O) groups is 3. The van der Waals surface area contributed by atoms with E-state index in [0.29, 0.717) is 11.3 Å². The van der Waals surface area contributed by atoms with E-state index in [2.05, 4.69) is 10.6 Å². The third-order valence-corrected chi connectivity index (χ3v) is 4.51. The van der Waals surface area contributed by atoms with E-state index in [9.17, 15) is 14.4 Å². The summed E-state index contributed by atoms with van der Waals surface area (Å²) in [5.74, 6) is -0.910. The van der Waals surface area contributed by atoms with E-state index in [1.165, 1.54) is 6.42 Å². The second-order valence-corrected chi connectivity index (χ2v) is 6.28. The third kappa shape index (κ3) is 5.29. The maximum atomic E-state index is 12.8. The van der Waals surface area contributed by atoms with Crippen LogP contribution in [0.2, 0.25) is 0 Å². The molecule has 4 N–H and O–H groups in total. The van der Waals surface area contributed by atoms with Crippen molar-refractivity contribution in [3.8, 4) is 0 Å². The Morgan fingerprint density at radius 1 is 1.12 bits per heavy atom. The van der Waals surface area contributed by atoms with Crippen LogP contribution in [0, 0.1) is 0 Å². The first-order chi connectivity index (χ1) is 12.0. The molecule has 7 heteroatoms. The van der Waals surface area contributed by atoms with Gasteiger partial charge in [0.15, 0.2) is 0 Å². The lowest BCUT2D eigenvalue weighted by atomic mass is 9.94. The Morgan fingerprint density at radius 2 is 1.80 bits per heavy atom. The van der Waals surface area contributed by atoms with Crippen LogP contribution in [0.1, 0.15) is 42.5 Å². The molecule has 0 aromatic heterocycles. The van der Waals surface area contributed by atoms with Crippen molar-refractivity contribution in [2.75, 3.05) is 25.5 Å². The average molecular weight is 346 g/mol. The third-order valence-electron chi connectivity index (χ3n) is 4.51. The molecular formula is C18H26N4O3. The number of nitrogens with zero attached hydrogens (tertiary/aromatic N) is 1. The van der Waals surface area contributed by atoms with Crippen LogP contribution < -0.4 is 16.4 Å². The molecular weight excluding hydrogens is 320 g/mol. The zero-order chi connectivity index (χ0) is 18.2. The van der Waals surface area contributed by atoms with Crippen LogP contribution >= 0.6 is 0 Å². The largest absolute Gasteiger partial charge is 0.346 e. The molecule has 25 heavy (non-hydrogen) atoms. The Kier molecular flexibility index (Phi) is 6.94. The molecule has 0 aliphatic heterocycles. The number of hydrogen-bond acceptors (Lipinski definition) is 4. The summed E-state index contributed by atoms with van der Waals surface area (Å²) < 4.78 is 0. The fourth-order valence-corrected chi connectivity index (χ4v) is 3.05. The topological polar surface area (TPSA) is 105 Å². The minimum Gasteiger partial charge on any atom is -0.346 e. The Bertz CT molecular complexity index is 627. The van der Waals surface area contributed by atoms with Crippen molar-refractivity contribution in [2.24, 2.45) is 5.73 Å². The molecule has 0 spiro atoms. The van der Waals surface area contributed by atoms with Gasteiger partial charge in [-0.25, -0.2) is 0 Å². The molecule has 1 aliphatic rings. The van der Waals surface area contributed by atoms with Crippen molar-refractivity contribution in [1.82, 2.24) is 10.2 Å². The van der Waals surface area contributed by atoms with E-state index in [1.807, 2.05) is 7.05 Å². The van der Waals surface area contributed by atoms with Crippen LogP contribution in [0.25, 0.3) is 0 Å². The Hall–Kier alpha value is -2.41. The molecule has 136 valence electrons. The van der Waals surface area contributed by atoms with Crippen LogP contribution in [0.5, 0.6) is 0 Å². The molecule has 1 saturated carbocycles. The number of anilines is 1. The number of benzene rings is 1. The van der Waals surface area contributed by atoms with Gasteiger partial charge in [-0.2, -0.15) is 0 Å². The van der Waals surface area contributed by atoms with E-state index in [4.69, 9.17) is 5.73 Å². The molecule has 1 aromatic rings. The summed E-state index contributed by atoms with van der Waals surface area (Å²) in [7, 11) is 1.82. The van der Waals surface area contributed by atoms with Crippen LogP contribution in [-0.4, -0.2) is 48.8 Å². The number of rotatable bonds is 6. The highest BCUT2D eigenvalue weighted by atomic mass is 16.2. The molecule has 0 heterocycles. The van der Waals surface area contributed by atoms with Crippen LogP contribution in [0.3, 0.4) is 0 Å². The van der Waals surface area contributed by atoms with Gasteiger partial charge in [-0.1, -0.05) is 31.4 Å². The number of para-hydroxylation sites is 1. The van der Waals surface area contributed by atoms with E-state index in [-0.39, 0.29) is 25.0 Å². The highest BCUT2D eigenvalue weighted by Crippen LogP contribution is 2.24. The summed E-state index contributed by atoms with van der Waals surface area (Å²) in [6.45, 7) is -0.356. The molecule has 0 unspecified atom stereocenters. The number of nitrogens with one attached hydrogen (secondary N) is 2. The summed E-state index contributed by atoms with van der Waals surface area (Å²) in [5, 5.41) is 5.09. The number of hydrogen-bond donors (Lipinski definition) is 3. The molecule has 1 aliphatic carbocycles. The lowest BCUT2D eigenvalue weighted by Gasteiger charge is -2.31. The first-order valence-corrected chi connectivity index (χ1v) is 8.65. The van der Waals surface area contributed by atoms with Gasteiger partial charge in [-0.05, 0) is 25.0 Å². The summed E-state index contributed by atoms with van der Waals surface area (Å²) in [4.78, 5) is 37.7. The molecule has 7 nitrogen and oxygen atoms in total. The molecule has 0 atom stereocenters. The second kappa shape index (κ2) is 9.17. The summed E-state index contributed by atoms with van der Waals surface area (Å²) in [6, 6.07) is 7.16. The second-order valence-electron chi connectivity index (χ2n) is 6.28. The van der Waals surface area contributed by atoms with Gasteiger partial charge >= 0.3 is 0 Å². The highest BCUT2D eigenvalue weighted by Gasteiger charge is 2.24. The van der Waals surface area contributed by atoms with Crippen molar-refractivity contribution < 1.29 is 14.4 Å². The number of carbonyl (C=O) groups excluding carboxylic acids is 3. The van der Waals surface area contributed by atoms with Gasteiger partial charge in [0.05, 0.1) is 24.3 Å². The molecule has 1 aromatic carbocycles. The van der Waals surface area contributed by atoms with Gasteiger partial charge < -0.3 is 21.3 Å². The van der Waals surface area contributed by atoms with Gasteiger partial charge in [-0.15, -0.1) is 0 Å². The van der Waals surface area contributed by atoms with Crippen molar-refractivity contribution in [2.45, 2.75) is 38.1 Å². The van der Waals surface area contributed by atoms with Gasteiger partial charge in [0, 0.05) is 13.1 Å². The standard InChI is InChI=1S/C18H26N4O3/c1-22(13-7-3-2-4-8-13)18(25)14-9-5-6-10-15(14)21-17(24)12-20-16(23)11-19/h5-6,9-10,13H,2-4,7-8,11-12,19H2,1H3,(H,20,23)(H,21,24). The Labute approximate surface area is 147 Å². The van der Waals surface area contributed by atoms with Gasteiger partial charge in [0.25, 0.3) is 5.91 Å².